The van der Waals surface area contributed by atoms with Gasteiger partial charge in [-0.2, -0.15) is 8.42 Å². The van der Waals surface area contributed by atoms with Crippen molar-refractivity contribution in [3.05, 3.63) is 46.1 Å². The highest BCUT2D eigenvalue weighted by Crippen LogP contribution is 2.26. The first-order valence-electron chi connectivity index (χ1n) is 5.41. The molecule has 1 heterocycles. The molecule has 0 aliphatic carbocycles. The van der Waals surface area contributed by atoms with Crippen molar-refractivity contribution in [3.8, 4) is 0 Å². The molecule has 2 N–H and O–H groups in total. The summed E-state index contributed by atoms with van der Waals surface area (Å²) in [6.07, 6.45) is 0. The van der Waals surface area contributed by atoms with Crippen molar-refractivity contribution in [2.75, 3.05) is 4.72 Å². The summed E-state index contributed by atoms with van der Waals surface area (Å²) in [6, 6.07) is 8.04. The Labute approximate surface area is 119 Å². The van der Waals surface area contributed by atoms with E-state index in [2.05, 4.69) is 20.7 Å². The molecule has 19 heavy (non-hydrogen) atoms. The van der Waals surface area contributed by atoms with Crippen LogP contribution in [0.1, 0.15) is 11.3 Å². The largest absolute Gasteiger partial charge is 0.445 e. The van der Waals surface area contributed by atoms with Gasteiger partial charge in [-0.05, 0) is 52.7 Å². The summed E-state index contributed by atoms with van der Waals surface area (Å²) in [5, 5.41) is 8.64. The topological polar surface area (TPSA) is 79.5 Å². The molecular formula is C12H12BrNO4S. The third-order valence-corrected chi connectivity index (χ3v) is 4.35. The van der Waals surface area contributed by atoms with Gasteiger partial charge in [0.2, 0.25) is 5.09 Å². The summed E-state index contributed by atoms with van der Waals surface area (Å²) < 4.78 is 32.3. The maximum absolute atomic E-state index is 12.1. The third-order valence-electron chi connectivity index (χ3n) is 2.42. The molecule has 0 amide bonds. The van der Waals surface area contributed by atoms with Crippen LogP contribution in [-0.2, 0) is 16.6 Å². The summed E-state index contributed by atoms with van der Waals surface area (Å²) in [7, 11) is -3.80. The number of hydrogen-bond donors (Lipinski definition) is 2. The van der Waals surface area contributed by atoms with Crippen molar-refractivity contribution in [1.82, 2.24) is 0 Å². The van der Waals surface area contributed by atoms with Crippen LogP contribution in [0, 0.1) is 6.92 Å². The highest BCUT2D eigenvalue weighted by atomic mass is 79.9. The minimum atomic E-state index is -3.80. The predicted octanol–water partition coefficient (Wildman–Crippen LogP) is 2.64. The van der Waals surface area contributed by atoms with Crippen molar-refractivity contribution in [1.29, 1.82) is 0 Å². The quantitative estimate of drug-likeness (QED) is 0.892. The van der Waals surface area contributed by atoms with Crippen LogP contribution in [0.25, 0.3) is 0 Å². The molecule has 0 spiro atoms. The molecule has 7 heteroatoms. The highest BCUT2D eigenvalue weighted by molar-refractivity contribution is 9.10. The molecule has 2 aromatic rings. The minimum Gasteiger partial charge on any atom is -0.445 e. The number of aliphatic hydroxyl groups excluding tert-OH is 1. The van der Waals surface area contributed by atoms with E-state index in [1.807, 2.05) is 13.0 Å². The van der Waals surface area contributed by atoms with E-state index in [0.717, 1.165) is 5.56 Å². The Morgan fingerprint density at radius 2 is 2.05 bits per heavy atom. The molecule has 0 unspecified atom stereocenters. The van der Waals surface area contributed by atoms with Gasteiger partial charge in [-0.15, -0.1) is 0 Å². The van der Waals surface area contributed by atoms with E-state index < -0.39 is 10.0 Å². The zero-order valence-electron chi connectivity index (χ0n) is 10.1. The van der Waals surface area contributed by atoms with Gasteiger partial charge in [0.1, 0.15) is 12.4 Å². The van der Waals surface area contributed by atoms with Gasteiger partial charge in [-0.25, -0.2) is 0 Å². The number of furan rings is 1. The lowest BCUT2D eigenvalue weighted by atomic mass is 10.2. The molecule has 102 valence electrons. The maximum atomic E-state index is 12.1. The Kier molecular flexibility index (Phi) is 3.98. The molecule has 0 bridgehead atoms. The summed E-state index contributed by atoms with van der Waals surface area (Å²) in [6.45, 7) is 1.52. The lowest BCUT2D eigenvalue weighted by Crippen LogP contribution is -2.12. The van der Waals surface area contributed by atoms with E-state index in [1.165, 1.54) is 12.1 Å². The second kappa shape index (κ2) is 5.36. The number of aliphatic hydroxyl groups is 1. The van der Waals surface area contributed by atoms with Gasteiger partial charge in [0.05, 0.1) is 5.69 Å². The summed E-state index contributed by atoms with van der Waals surface area (Å²) in [5.41, 5.74) is 1.36. The van der Waals surface area contributed by atoms with E-state index in [0.29, 0.717) is 10.2 Å². The number of anilines is 1. The molecule has 0 radical (unpaired) electrons. The van der Waals surface area contributed by atoms with Crippen molar-refractivity contribution in [3.63, 3.8) is 0 Å². The molecule has 0 saturated carbocycles. The Balaban J connectivity index is 2.33. The van der Waals surface area contributed by atoms with E-state index >= 15 is 0 Å². The van der Waals surface area contributed by atoms with Crippen LogP contribution in [0.5, 0.6) is 0 Å². The van der Waals surface area contributed by atoms with Crippen molar-refractivity contribution in [2.45, 2.75) is 18.6 Å². The van der Waals surface area contributed by atoms with Crippen molar-refractivity contribution in [2.24, 2.45) is 0 Å². The molecule has 0 aliphatic heterocycles. The molecule has 0 saturated heterocycles. The number of aryl methyl sites for hydroxylation is 1. The van der Waals surface area contributed by atoms with Crippen LogP contribution in [0.3, 0.4) is 0 Å². The Hall–Kier alpha value is -1.31. The van der Waals surface area contributed by atoms with E-state index in [4.69, 9.17) is 9.52 Å². The molecule has 2 rings (SSSR count). The maximum Gasteiger partial charge on any atom is 0.295 e. The third kappa shape index (κ3) is 3.17. The number of benzene rings is 1. The normalized spacial score (nSPS) is 11.5. The van der Waals surface area contributed by atoms with Gasteiger partial charge >= 0.3 is 0 Å². The van der Waals surface area contributed by atoms with Crippen LogP contribution < -0.4 is 4.72 Å². The van der Waals surface area contributed by atoms with Gasteiger partial charge in [0.15, 0.2) is 0 Å². The van der Waals surface area contributed by atoms with Gasteiger partial charge in [-0.3, -0.25) is 4.72 Å². The molecular weight excluding hydrogens is 334 g/mol. The number of rotatable bonds is 4. The molecule has 1 aromatic heterocycles. The average Bonchev–Trinajstić information content (AvgIpc) is 2.83. The molecule has 1 aromatic carbocycles. The number of hydrogen-bond acceptors (Lipinski definition) is 4. The predicted molar refractivity (Wildman–Crippen MR) is 74.3 cm³/mol. The van der Waals surface area contributed by atoms with Crippen molar-refractivity contribution < 1.29 is 17.9 Å². The first-order chi connectivity index (χ1) is 8.92. The number of halogens is 1. The van der Waals surface area contributed by atoms with Crippen LogP contribution >= 0.6 is 15.9 Å². The zero-order chi connectivity index (χ0) is 14.0. The standard InChI is InChI=1S/C12H12BrNO4S/c1-8-2-4-10(13)11(6-8)14-19(16,17)12-5-3-9(7-15)18-12/h2-6,14-15H,7H2,1H3. The first kappa shape index (κ1) is 14.1. The average molecular weight is 346 g/mol. The number of nitrogens with one attached hydrogen (secondary N) is 1. The van der Waals surface area contributed by atoms with Gasteiger partial charge < -0.3 is 9.52 Å². The van der Waals surface area contributed by atoms with E-state index in [-0.39, 0.29) is 17.5 Å². The molecule has 5 nitrogen and oxygen atoms in total. The van der Waals surface area contributed by atoms with Crippen LogP contribution in [0.4, 0.5) is 5.69 Å². The number of sulfonamides is 1. The molecule has 0 fully saturated rings. The highest BCUT2D eigenvalue weighted by Gasteiger charge is 2.19. The lowest BCUT2D eigenvalue weighted by Gasteiger charge is -2.08. The fourth-order valence-corrected chi connectivity index (χ4v) is 3.00. The van der Waals surface area contributed by atoms with Gasteiger partial charge in [0.25, 0.3) is 10.0 Å². The first-order valence-corrected chi connectivity index (χ1v) is 7.68. The van der Waals surface area contributed by atoms with Crippen LogP contribution in [0.2, 0.25) is 0 Å². The Morgan fingerprint density at radius 1 is 1.32 bits per heavy atom. The fourth-order valence-electron chi connectivity index (χ4n) is 1.50. The Bertz CT molecular complexity index is 694. The SMILES string of the molecule is Cc1ccc(Br)c(NS(=O)(=O)c2ccc(CO)o2)c1. The fraction of sp³-hybridized carbons (Fsp3) is 0.167. The van der Waals surface area contributed by atoms with Gasteiger partial charge in [0, 0.05) is 4.47 Å². The monoisotopic (exact) mass is 345 g/mol. The summed E-state index contributed by atoms with van der Waals surface area (Å²) in [5.74, 6) is 0.198. The summed E-state index contributed by atoms with van der Waals surface area (Å²) >= 11 is 3.28. The van der Waals surface area contributed by atoms with Crippen LogP contribution in [0.15, 0.2) is 44.3 Å². The van der Waals surface area contributed by atoms with Crippen LogP contribution in [-0.4, -0.2) is 13.5 Å². The molecule has 0 aliphatic rings. The van der Waals surface area contributed by atoms with E-state index in [9.17, 15) is 8.42 Å². The van der Waals surface area contributed by atoms with Gasteiger partial charge in [-0.1, -0.05) is 6.07 Å². The lowest BCUT2D eigenvalue weighted by molar-refractivity contribution is 0.236. The smallest absolute Gasteiger partial charge is 0.295 e. The molecule has 0 atom stereocenters. The van der Waals surface area contributed by atoms with Crippen molar-refractivity contribution >= 4 is 31.6 Å². The zero-order valence-corrected chi connectivity index (χ0v) is 12.5. The van der Waals surface area contributed by atoms with E-state index in [1.54, 1.807) is 12.1 Å². The second-order valence-corrected chi connectivity index (χ2v) is 6.44. The minimum absolute atomic E-state index is 0.198. The Morgan fingerprint density at radius 3 is 2.68 bits per heavy atom. The summed E-state index contributed by atoms with van der Waals surface area (Å²) in [4.78, 5) is 0. The second-order valence-electron chi connectivity index (χ2n) is 3.97.